The summed E-state index contributed by atoms with van der Waals surface area (Å²) in [6.45, 7) is -0.489. The van der Waals surface area contributed by atoms with Crippen molar-refractivity contribution in [2.45, 2.75) is 10.9 Å². The van der Waals surface area contributed by atoms with Crippen molar-refractivity contribution in [3.05, 3.63) is 64.6 Å². The molecule has 1 unspecified atom stereocenters. The van der Waals surface area contributed by atoms with Gasteiger partial charge in [0, 0.05) is 4.47 Å². The second kappa shape index (κ2) is 7.56. The minimum atomic E-state index is -3.86. The van der Waals surface area contributed by atoms with Crippen molar-refractivity contribution in [1.82, 2.24) is 9.62 Å². The Balaban J connectivity index is 1.89. The van der Waals surface area contributed by atoms with Gasteiger partial charge in [0.15, 0.2) is 6.61 Å². The fraction of sp³-hybridized carbons (Fsp3) is 0.176. The number of hydrogen-bond acceptors (Lipinski definition) is 5. The number of amides is 2. The summed E-state index contributed by atoms with van der Waals surface area (Å²) < 4.78 is 33.5. The number of cyclic esters (lactones) is 1. The minimum absolute atomic E-state index is 0.0805. The van der Waals surface area contributed by atoms with E-state index in [0.29, 0.717) is 5.56 Å². The summed E-state index contributed by atoms with van der Waals surface area (Å²) in [7, 11) is -3.86. The molecule has 9 heteroatoms. The number of hydrogen-bond donors (Lipinski definition) is 1. The molecule has 3 rings (SSSR count). The highest BCUT2D eigenvalue weighted by molar-refractivity contribution is 9.10. The molecule has 136 valence electrons. The summed E-state index contributed by atoms with van der Waals surface area (Å²) in [5.41, 5.74) is 0.626. The lowest BCUT2D eigenvalue weighted by Crippen LogP contribution is -2.40. The fourth-order valence-electron chi connectivity index (χ4n) is 2.51. The predicted octanol–water partition coefficient (Wildman–Crippen LogP) is 2.45. The second-order valence-electron chi connectivity index (χ2n) is 5.60. The summed E-state index contributed by atoms with van der Waals surface area (Å²) in [6, 6.07) is 14.1. The Labute approximate surface area is 159 Å². The fourth-order valence-corrected chi connectivity index (χ4v) is 3.99. The van der Waals surface area contributed by atoms with Gasteiger partial charge in [-0.2, -0.15) is 0 Å². The van der Waals surface area contributed by atoms with Crippen LogP contribution < -0.4 is 4.72 Å². The van der Waals surface area contributed by atoms with E-state index in [0.717, 1.165) is 9.37 Å². The number of carbonyl (C=O) groups excluding carboxylic acids is 2. The summed E-state index contributed by atoms with van der Waals surface area (Å²) in [4.78, 5) is 24.5. The van der Waals surface area contributed by atoms with Crippen molar-refractivity contribution in [3.63, 3.8) is 0 Å². The van der Waals surface area contributed by atoms with Crippen LogP contribution >= 0.6 is 15.9 Å². The van der Waals surface area contributed by atoms with E-state index in [1.54, 1.807) is 42.5 Å². The minimum Gasteiger partial charge on any atom is -0.439 e. The van der Waals surface area contributed by atoms with E-state index in [1.807, 2.05) is 0 Å². The molecule has 1 fully saturated rings. The van der Waals surface area contributed by atoms with Crippen LogP contribution in [0, 0.1) is 0 Å². The Hall–Kier alpha value is -2.23. The highest BCUT2D eigenvalue weighted by atomic mass is 79.9. The first-order valence-corrected chi connectivity index (χ1v) is 9.94. The SMILES string of the molecule is O=C1COC(=O)N1CC(NS(=O)(=O)c1ccc(Br)cc1)c1ccccc1. The summed E-state index contributed by atoms with van der Waals surface area (Å²) in [5, 5.41) is 0. The number of rotatable bonds is 6. The number of sulfonamides is 1. The van der Waals surface area contributed by atoms with E-state index in [-0.39, 0.29) is 18.0 Å². The Morgan fingerprint density at radius 2 is 1.73 bits per heavy atom. The van der Waals surface area contributed by atoms with Crippen LogP contribution in [0.5, 0.6) is 0 Å². The monoisotopic (exact) mass is 438 g/mol. The molecule has 0 spiro atoms. The largest absolute Gasteiger partial charge is 0.439 e. The van der Waals surface area contributed by atoms with E-state index in [4.69, 9.17) is 4.74 Å². The lowest BCUT2D eigenvalue weighted by Gasteiger charge is -2.22. The van der Waals surface area contributed by atoms with E-state index in [2.05, 4.69) is 20.7 Å². The maximum Gasteiger partial charge on any atom is 0.417 e. The van der Waals surface area contributed by atoms with Gasteiger partial charge in [0.1, 0.15) is 0 Å². The number of carbonyl (C=O) groups is 2. The van der Waals surface area contributed by atoms with Crippen LogP contribution in [-0.2, 0) is 19.6 Å². The van der Waals surface area contributed by atoms with Crippen molar-refractivity contribution < 1.29 is 22.7 Å². The normalized spacial score (nSPS) is 15.8. The van der Waals surface area contributed by atoms with Gasteiger partial charge in [-0.3, -0.25) is 4.79 Å². The van der Waals surface area contributed by atoms with Crippen molar-refractivity contribution >= 4 is 38.0 Å². The lowest BCUT2D eigenvalue weighted by atomic mass is 10.1. The maximum atomic E-state index is 12.7. The predicted molar refractivity (Wildman–Crippen MR) is 96.7 cm³/mol. The van der Waals surface area contributed by atoms with E-state index < -0.39 is 28.1 Å². The van der Waals surface area contributed by atoms with Gasteiger partial charge in [0.25, 0.3) is 5.91 Å². The van der Waals surface area contributed by atoms with Crippen molar-refractivity contribution in [2.75, 3.05) is 13.2 Å². The van der Waals surface area contributed by atoms with Crippen molar-refractivity contribution in [3.8, 4) is 0 Å². The summed E-state index contributed by atoms with van der Waals surface area (Å²) in [5.74, 6) is -0.501. The molecule has 2 amide bonds. The van der Waals surface area contributed by atoms with Crippen LogP contribution in [0.4, 0.5) is 4.79 Å². The molecule has 26 heavy (non-hydrogen) atoms. The van der Waals surface area contributed by atoms with Gasteiger partial charge in [0.05, 0.1) is 17.5 Å². The molecule has 1 N–H and O–H groups in total. The van der Waals surface area contributed by atoms with Crippen LogP contribution in [0.15, 0.2) is 64.0 Å². The zero-order chi connectivity index (χ0) is 18.7. The van der Waals surface area contributed by atoms with Crippen molar-refractivity contribution in [2.24, 2.45) is 0 Å². The first-order valence-electron chi connectivity index (χ1n) is 7.67. The quantitative estimate of drug-likeness (QED) is 0.747. The zero-order valence-electron chi connectivity index (χ0n) is 13.5. The second-order valence-corrected chi connectivity index (χ2v) is 8.23. The average molecular weight is 439 g/mol. The molecule has 2 aromatic rings. The van der Waals surface area contributed by atoms with Gasteiger partial charge in [-0.1, -0.05) is 46.3 Å². The Morgan fingerprint density at radius 3 is 2.31 bits per heavy atom. The van der Waals surface area contributed by atoms with E-state index >= 15 is 0 Å². The first kappa shape index (κ1) is 18.6. The number of nitrogens with one attached hydrogen (secondary N) is 1. The van der Waals surface area contributed by atoms with Gasteiger partial charge in [0.2, 0.25) is 10.0 Å². The first-order chi connectivity index (χ1) is 12.4. The van der Waals surface area contributed by atoms with Crippen LogP contribution in [0.25, 0.3) is 0 Å². The van der Waals surface area contributed by atoms with Gasteiger partial charge >= 0.3 is 6.09 Å². The van der Waals surface area contributed by atoms with E-state index in [1.165, 1.54) is 12.1 Å². The maximum absolute atomic E-state index is 12.7. The number of benzene rings is 2. The standard InChI is InChI=1S/C17H15BrN2O5S/c18-13-6-8-14(9-7-13)26(23,24)19-15(12-4-2-1-3-5-12)10-20-16(21)11-25-17(20)22/h1-9,15,19H,10-11H2. The topological polar surface area (TPSA) is 92.8 Å². The molecule has 1 heterocycles. The van der Waals surface area contributed by atoms with Crippen LogP contribution in [0.1, 0.15) is 11.6 Å². The third-order valence-corrected chi connectivity index (χ3v) is 5.85. The van der Waals surface area contributed by atoms with Gasteiger partial charge < -0.3 is 4.74 Å². The summed E-state index contributed by atoms with van der Waals surface area (Å²) >= 11 is 3.26. The molecule has 0 radical (unpaired) electrons. The van der Waals surface area contributed by atoms with Gasteiger partial charge in [-0.05, 0) is 29.8 Å². The molecule has 1 aliphatic heterocycles. The van der Waals surface area contributed by atoms with E-state index in [9.17, 15) is 18.0 Å². The molecule has 0 aliphatic carbocycles. The highest BCUT2D eigenvalue weighted by Crippen LogP contribution is 2.21. The van der Waals surface area contributed by atoms with Crippen LogP contribution in [-0.4, -0.2) is 38.5 Å². The molecule has 0 bridgehead atoms. The Kier molecular flexibility index (Phi) is 5.40. The number of halogens is 1. The molecule has 1 saturated heterocycles. The Bertz CT molecular complexity index is 900. The molecule has 2 aromatic carbocycles. The molecule has 0 aromatic heterocycles. The highest BCUT2D eigenvalue weighted by Gasteiger charge is 2.34. The molecular formula is C17H15BrN2O5S. The number of imide groups is 1. The molecule has 1 aliphatic rings. The van der Waals surface area contributed by atoms with Gasteiger partial charge in [-0.15, -0.1) is 0 Å². The molecular weight excluding hydrogens is 424 g/mol. The molecule has 1 atom stereocenters. The Morgan fingerprint density at radius 1 is 1.08 bits per heavy atom. The molecule has 0 saturated carbocycles. The third kappa shape index (κ3) is 4.12. The smallest absolute Gasteiger partial charge is 0.417 e. The van der Waals surface area contributed by atoms with Gasteiger partial charge in [-0.25, -0.2) is 22.8 Å². The van der Waals surface area contributed by atoms with Crippen LogP contribution in [0.2, 0.25) is 0 Å². The third-order valence-electron chi connectivity index (χ3n) is 3.83. The van der Waals surface area contributed by atoms with Crippen molar-refractivity contribution in [1.29, 1.82) is 0 Å². The molecule has 7 nitrogen and oxygen atoms in total. The number of ether oxygens (including phenoxy) is 1. The average Bonchev–Trinajstić information content (AvgIpc) is 2.94. The number of nitrogens with zero attached hydrogens (tertiary/aromatic N) is 1. The zero-order valence-corrected chi connectivity index (χ0v) is 15.9. The lowest BCUT2D eigenvalue weighted by molar-refractivity contribution is -0.126. The summed E-state index contributed by atoms with van der Waals surface area (Å²) in [6.07, 6.45) is -0.779. The van der Waals surface area contributed by atoms with Crippen LogP contribution in [0.3, 0.4) is 0 Å².